The van der Waals surface area contributed by atoms with Crippen molar-refractivity contribution < 1.29 is 23.4 Å². The number of ether oxygens (including phenoxy) is 1. The van der Waals surface area contributed by atoms with E-state index in [0.717, 1.165) is 11.6 Å². The summed E-state index contributed by atoms with van der Waals surface area (Å²) in [5, 5.41) is 12.4. The van der Waals surface area contributed by atoms with E-state index in [1.54, 1.807) is 25.3 Å². The SMILES string of the molecule is COc1cccc(CC(=O)N[C@@H](c2ccc(F)cc2F)C2CC(O)C2)c1. The first-order valence-electron chi connectivity index (χ1n) is 8.51. The molecule has 1 fully saturated rings. The number of amides is 1. The number of aliphatic hydroxyl groups excluding tert-OH is 1. The topological polar surface area (TPSA) is 58.6 Å². The van der Waals surface area contributed by atoms with Crippen LogP contribution >= 0.6 is 0 Å². The standard InChI is InChI=1S/C20H21F2NO3/c1-26-16-4-2-3-12(7-16)8-19(25)23-20(13-9-15(24)10-13)17-6-5-14(21)11-18(17)22/h2-7,11,13,15,20,24H,8-10H2,1H3,(H,23,25)/t13?,15?,20-/m1/s1. The van der Waals surface area contributed by atoms with E-state index >= 15 is 0 Å². The summed E-state index contributed by atoms with van der Waals surface area (Å²) < 4.78 is 32.6. The van der Waals surface area contributed by atoms with Crippen LogP contribution < -0.4 is 10.1 Å². The predicted octanol–water partition coefficient (Wildman–Crippen LogP) is 3.14. The van der Waals surface area contributed by atoms with Gasteiger partial charge in [0.2, 0.25) is 5.91 Å². The summed E-state index contributed by atoms with van der Waals surface area (Å²) in [7, 11) is 1.55. The molecule has 1 aliphatic carbocycles. The number of benzene rings is 2. The predicted molar refractivity (Wildman–Crippen MR) is 92.7 cm³/mol. The first-order chi connectivity index (χ1) is 12.5. The first-order valence-corrected chi connectivity index (χ1v) is 8.51. The smallest absolute Gasteiger partial charge is 0.224 e. The molecular weight excluding hydrogens is 340 g/mol. The van der Waals surface area contributed by atoms with E-state index in [9.17, 15) is 18.7 Å². The molecule has 26 heavy (non-hydrogen) atoms. The summed E-state index contributed by atoms with van der Waals surface area (Å²) in [6, 6.07) is 9.89. The van der Waals surface area contributed by atoms with E-state index in [4.69, 9.17) is 4.74 Å². The lowest BCUT2D eigenvalue weighted by Gasteiger charge is -2.38. The zero-order valence-corrected chi connectivity index (χ0v) is 14.4. The highest BCUT2D eigenvalue weighted by Crippen LogP contribution is 2.39. The van der Waals surface area contributed by atoms with Crippen molar-refractivity contribution in [2.75, 3.05) is 7.11 Å². The van der Waals surface area contributed by atoms with Crippen LogP contribution in [0.1, 0.15) is 30.0 Å². The van der Waals surface area contributed by atoms with Gasteiger partial charge in [0.25, 0.3) is 0 Å². The van der Waals surface area contributed by atoms with E-state index in [1.165, 1.54) is 12.1 Å². The summed E-state index contributed by atoms with van der Waals surface area (Å²) in [5.41, 5.74) is 1.01. The Morgan fingerprint density at radius 3 is 2.69 bits per heavy atom. The quantitative estimate of drug-likeness (QED) is 0.831. The van der Waals surface area contributed by atoms with Gasteiger partial charge in [0.15, 0.2) is 0 Å². The molecule has 4 nitrogen and oxygen atoms in total. The number of nitrogens with one attached hydrogen (secondary N) is 1. The van der Waals surface area contributed by atoms with Gasteiger partial charge in [0.1, 0.15) is 17.4 Å². The van der Waals surface area contributed by atoms with E-state index in [2.05, 4.69) is 5.32 Å². The number of hydrogen-bond donors (Lipinski definition) is 2. The Balaban J connectivity index is 1.75. The molecule has 1 saturated carbocycles. The van der Waals surface area contributed by atoms with Crippen LogP contribution in [0.4, 0.5) is 8.78 Å². The molecule has 0 aromatic heterocycles. The molecule has 0 heterocycles. The number of halogens is 2. The Morgan fingerprint density at radius 1 is 1.27 bits per heavy atom. The van der Waals surface area contributed by atoms with Crippen LogP contribution in [0, 0.1) is 17.6 Å². The minimum absolute atomic E-state index is 0.0841. The average Bonchev–Trinajstić information content (AvgIpc) is 2.58. The first kappa shape index (κ1) is 18.3. The highest BCUT2D eigenvalue weighted by atomic mass is 19.1. The molecule has 1 amide bonds. The molecular formula is C20H21F2NO3. The number of aliphatic hydroxyl groups is 1. The van der Waals surface area contributed by atoms with Gasteiger partial charge < -0.3 is 15.2 Å². The third-order valence-corrected chi connectivity index (χ3v) is 4.73. The van der Waals surface area contributed by atoms with E-state index in [1.807, 2.05) is 6.07 Å². The van der Waals surface area contributed by atoms with E-state index < -0.39 is 23.8 Å². The zero-order valence-electron chi connectivity index (χ0n) is 14.4. The highest BCUT2D eigenvalue weighted by Gasteiger charge is 2.36. The van der Waals surface area contributed by atoms with Crippen LogP contribution in [0.15, 0.2) is 42.5 Å². The summed E-state index contributed by atoms with van der Waals surface area (Å²) in [4.78, 5) is 12.5. The molecule has 6 heteroatoms. The lowest BCUT2D eigenvalue weighted by atomic mass is 9.75. The van der Waals surface area contributed by atoms with Crippen LogP contribution in [0.3, 0.4) is 0 Å². The van der Waals surface area contributed by atoms with Crippen molar-refractivity contribution in [3.8, 4) is 5.75 Å². The fraction of sp³-hybridized carbons (Fsp3) is 0.350. The molecule has 2 N–H and O–H groups in total. The van der Waals surface area contributed by atoms with Crippen molar-refractivity contribution in [2.45, 2.75) is 31.4 Å². The van der Waals surface area contributed by atoms with E-state index in [0.29, 0.717) is 18.6 Å². The van der Waals surface area contributed by atoms with Gasteiger partial charge in [0, 0.05) is 11.6 Å². The second-order valence-corrected chi connectivity index (χ2v) is 6.62. The zero-order chi connectivity index (χ0) is 18.7. The molecule has 0 bridgehead atoms. The number of carbonyl (C=O) groups excluding carboxylic acids is 1. The van der Waals surface area contributed by atoms with Crippen LogP contribution in [-0.4, -0.2) is 24.2 Å². The molecule has 0 saturated heterocycles. The summed E-state index contributed by atoms with van der Waals surface area (Å²) in [5.74, 6) is -1.06. The van der Waals surface area contributed by atoms with Gasteiger partial charge >= 0.3 is 0 Å². The average molecular weight is 361 g/mol. The summed E-state index contributed by atoms with van der Waals surface area (Å²) in [6.45, 7) is 0. The number of carbonyl (C=O) groups is 1. The highest BCUT2D eigenvalue weighted by molar-refractivity contribution is 5.79. The normalized spacial score (nSPS) is 20.2. The maximum Gasteiger partial charge on any atom is 0.224 e. The fourth-order valence-corrected chi connectivity index (χ4v) is 3.30. The minimum atomic E-state index is -0.696. The van der Waals surface area contributed by atoms with Crippen molar-refractivity contribution in [3.05, 3.63) is 65.2 Å². The second-order valence-electron chi connectivity index (χ2n) is 6.62. The van der Waals surface area contributed by atoms with Gasteiger partial charge in [-0.05, 0) is 42.5 Å². The number of hydrogen-bond acceptors (Lipinski definition) is 3. The molecule has 1 aliphatic rings. The number of methoxy groups -OCH3 is 1. The fourth-order valence-electron chi connectivity index (χ4n) is 3.30. The largest absolute Gasteiger partial charge is 0.497 e. The monoisotopic (exact) mass is 361 g/mol. The van der Waals surface area contributed by atoms with Crippen LogP contribution in [0.5, 0.6) is 5.75 Å². The lowest BCUT2D eigenvalue weighted by molar-refractivity contribution is -0.122. The summed E-state index contributed by atoms with van der Waals surface area (Å²) in [6.07, 6.45) is 0.620. The second kappa shape index (κ2) is 7.83. The number of rotatable bonds is 6. The maximum atomic E-state index is 14.2. The van der Waals surface area contributed by atoms with Crippen molar-refractivity contribution in [1.82, 2.24) is 5.32 Å². The van der Waals surface area contributed by atoms with Gasteiger partial charge in [-0.25, -0.2) is 8.78 Å². The van der Waals surface area contributed by atoms with Gasteiger partial charge in [-0.15, -0.1) is 0 Å². The third-order valence-electron chi connectivity index (χ3n) is 4.73. The minimum Gasteiger partial charge on any atom is -0.497 e. The van der Waals surface area contributed by atoms with Crippen molar-refractivity contribution >= 4 is 5.91 Å². The van der Waals surface area contributed by atoms with Crippen molar-refractivity contribution in [2.24, 2.45) is 5.92 Å². The molecule has 0 spiro atoms. The molecule has 138 valence electrons. The van der Waals surface area contributed by atoms with Crippen LogP contribution in [0.25, 0.3) is 0 Å². The van der Waals surface area contributed by atoms with Crippen LogP contribution in [0.2, 0.25) is 0 Å². The summed E-state index contributed by atoms with van der Waals surface area (Å²) >= 11 is 0. The van der Waals surface area contributed by atoms with Gasteiger partial charge in [-0.1, -0.05) is 18.2 Å². The van der Waals surface area contributed by atoms with Crippen molar-refractivity contribution in [1.29, 1.82) is 0 Å². The Kier molecular flexibility index (Phi) is 5.52. The molecule has 2 aromatic carbocycles. The third kappa shape index (κ3) is 4.19. The molecule has 1 atom stereocenters. The Bertz CT molecular complexity index is 790. The maximum absolute atomic E-state index is 14.2. The molecule has 0 radical (unpaired) electrons. The van der Waals surface area contributed by atoms with Gasteiger partial charge in [-0.2, -0.15) is 0 Å². The Morgan fingerprint density at radius 2 is 2.04 bits per heavy atom. The van der Waals surface area contributed by atoms with Gasteiger partial charge in [0.05, 0.1) is 25.7 Å². The Labute approximate surface area is 150 Å². The van der Waals surface area contributed by atoms with Crippen LogP contribution in [-0.2, 0) is 11.2 Å². The lowest BCUT2D eigenvalue weighted by Crippen LogP contribution is -2.42. The molecule has 0 aliphatic heterocycles. The molecule has 2 aromatic rings. The van der Waals surface area contributed by atoms with Crippen molar-refractivity contribution in [3.63, 3.8) is 0 Å². The molecule has 0 unspecified atom stereocenters. The van der Waals surface area contributed by atoms with Gasteiger partial charge in [-0.3, -0.25) is 4.79 Å². The molecule has 3 rings (SSSR count). The van der Waals surface area contributed by atoms with E-state index in [-0.39, 0.29) is 23.8 Å². The Hall–Kier alpha value is -2.47.